The normalized spacial score (nSPS) is 20.1. The first-order valence-corrected chi connectivity index (χ1v) is 5.42. The Hall–Kier alpha value is -2.51. The Morgan fingerprint density at radius 2 is 2.17 bits per heavy atom. The molecule has 3 heterocycles. The molecule has 3 rings (SSSR count). The summed E-state index contributed by atoms with van der Waals surface area (Å²) in [6.07, 6.45) is 3.51. The van der Waals surface area contributed by atoms with E-state index in [-0.39, 0.29) is 24.5 Å². The zero-order chi connectivity index (χ0) is 12.7. The summed E-state index contributed by atoms with van der Waals surface area (Å²) in [6.45, 7) is 0. The lowest BCUT2D eigenvalue weighted by atomic mass is 10.1. The summed E-state index contributed by atoms with van der Waals surface area (Å²) in [5.74, 6) is -0.602. The number of nitrogens with one attached hydrogen (secondary N) is 1. The minimum absolute atomic E-state index is 0.199. The zero-order valence-electron chi connectivity index (χ0n) is 9.24. The molecule has 2 aromatic rings. The number of hydrogen-bond acceptors (Lipinski definition) is 5. The average molecular weight is 247 g/mol. The topological polar surface area (TPSA) is 98.4 Å². The van der Waals surface area contributed by atoms with Crippen LogP contribution in [0.4, 0.5) is 0 Å². The molecule has 0 aromatic carbocycles. The maximum atomic E-state index is 12.0. The molecule has 18 heavy (non-hydrogen) atoms. The van der Waals surface area contributed by atoms with E-state index in [9.17, 15) is 14.4 Å². The lowest BCUT2D eigenvalue weighted by molar-refractivity contribution is -0.136. The number of fused-ring (bicyclic) bond motifs is 1. The van der Waals surface area contributed by atoms with E-state index in [0.717, 1.165) is 4.68 Å². The van der Waals surface area contributed by atoms with Crippen molar-refractivity contribution in [1.29, 1.82) is 0 Å². The fraction of sp³-hybridized carbons (Fsp3) is 0.300. The molecule has 1 saturated heterocycles. The number of rotatable bonds is 1. The number of carbonyl (C=O) groups excluding carboxylic acids is 2. The largest absolute Gasteiger partial charge is 0.352 e. The van der Waals surface area contributed by atoms with E-state index < -0.39 is 17.6 Å². The average Bonchev–Trinajstić information content (AvgIpc) is 2.68. The predicted octanol–water partition coefficient (Wildman–Crippen LogP) is -1.13. The van der Waals surface area contributed by atoms with Crippen LogP contribution in [0.2, 0.25) is 0 Å². The van der Waals surface area contributed by atoms with Gasteiger partial charge < -0.3 is 0 Å². The highest BCUT2D eigenvalue weighted by atomic mass is 16.2. The summed E-state index contributed by atoms with van der Waals surface area (Å²) in [6, 6.07) is 0.849. The molecular weight excluding hydrogens is 238 g/mol. The molecule has 2 amide bonds. The number of aromatic nitrogens is 4. The number of imide groups is 1. The second-order valence-corrected chi connectivity index (χ2v) is 3.98. The zero-order valence-corrected chi connectivity index (χ0v) is 9.24. The first kappa shape index (κ1) is 10.6. The van der Waals surface area contributed by atoms with E-state index in [1.54, 1.807) is 6.07 Å². The molecule has 0 aliphatic carbocycles. The number of hydrogen-bond donors (Lipinski definition) is 1. The molecule has 1 N–H and O–H groups in total. The molecule has 0 spiro atoms. The van der Waals surface area contributed by atoms with Crippen LogP contribution >= 0.6 is 0 Å². The van der Waals surface area contributed by atoms with Crippen LogP contribution in [0.25, 0.3) is 5.78 Å². The Kier molecular flexibility index (Phi) is 2.22. The standard InChI is InChI=1S/C10H9N5O3/c16-7-3-2-6(8(17)12-7)15-10(18)14-5-1-4-11-9(14)13-15/h1,4-6H,2-3H2,(H,12,16,17). The molecular formula is C10H9N5O3. The molecule has 1 aliphatic rings. The lowest BCUT2D eigenvalue weighted by Gasteiger charge is -2.19. The van der Waals surface area contributed by atoms with E-state index in [0.29, 0.717) is 0 Å². The van der Waals surface area contributed by atoms with Crippen molar-refractivity contribution in [1.82, 2.24) is 24.5 Å². The molecule has 8 heteroatoms. The quantitative estimate of drug-likeness (QED) is 0.643. The van der Waals surface area contributed by atoms with Crippen molar-refractivity contribution in [2.45, 2.75) is 18.9 Å². The van der Waals surface area contributed by atoms with Crippen LogP contribution in [0.15, 0.2) is 23.3 Å². The van der Waals surface area contributed by atoms with Crippen molar-refractivity contribution in [2.24, 2.45) is 0 Å². The van der Waals surface area contributed by atoms with Gasteiger partial charge >= 0.3 is 5.69 Å². The Balaban J connectivity index is 2.09. The molecule has 1 unspecified atom stereocenters. The highest BCUT2D eigenvalue weighted by Crippen LogP contribution is 2.15. The fourth-order valence-corrected chi connectivity index (χ4v) is 1.95. The first-order valence-electron chi connectivity index (χ1n) is 5.42. The molecule has 0 bridgehead atoms. The smallest absolute Gasteiger partial charge is 0.295 e. The van der Waals surface area contributed by atoms with Crippen molar-refractivity contribution in [3.05, 3.63) is 28.9 Å². The maximum Gasteiger partial charge on any atom is 0.352 e. The minimum atomic E-state index is -0.753. The third-order valence-electron chi connectivity index (χ3n) is 2.83. The maximum absolute atomic E-state index is 12.0. The number of carbonyl (C=O) groups is 2. The summed E-state index contributed by atoms with van der Waals surface area (Å²) in [5.41, 5.74) is -0.437. The predicted molar refractivity (Wildman–Crippen MR) is 58.7 cm³/mol. The van der Waals surface area contributed by atoms with Gasteiger partial charge in [0.1, 0.15) is 6.04 Å². The van der Waals surface area contributed by atoms with Crippen molar-refractivity contribution in [3.63, 3.8) is 0 Å². The Labute approximate surface area is 100 Å². The third kappa shape index (κ3) is 1.50. The Bertz CT molecular complexity index is 701. The molecule has 2 aromatic heterocycles. The fourth-order valence-electron chi connectivity index (χ4n) is 1.95. The Morgan fingerprint density at radius 3 is 2.89 bits per heavy atom. The summed E-state index contributed by atoms with van der Waals surface area (Å²) in [4.78, 5) is 38.7. The summed E-state index contributed by atoms with van der Waals surface area (Å²) < 4.78 is 2.33. The van der Waals surface area contributed by atoms with Gasteiger partial charge in [0, 0.05) is 18.8 Å². The third-order valence-corrected chi connectivity index (χ3v) is 2.83. The molecule has 92 valence electrons. The van der Waals surface area contributed by atoms with Crippen LogP contribution in [-0.2, 0) is 9.59 Å². The number of amides is 2. The van der Waals surface area contributed by atoms with Gasteiger partial charge in [0.15, 0.2) is 0 Å². The summed E-state index contributed by atoms with van der Waals surface area (Å²) in [5, 5.41) is 6.19. The molecule has 1 aliphatic heterocycles. The van der Waals surface area contributed by atoms with Crippen LogP contribution in [-0.4, -0.2) is 31.0 Å². The highest BCUT2D eigenvalue weighted by molar-refractivity contribution is 5.99. The first-order chi connectivity index (χ1) is 8.66. The van der Waals surface area contributed by atoms with Gasteiger partial charge in [-0.25, -0.2) is 14.2 Å². The van der Waals surface area contributed by atoms with Gasteiger partial charge in [-0.05, 0) is 12.5 Å². The molecule has 0 radical (unpaired) electrons. The van der Waals surface area contributed by atoms with Crippen molar-refractivity contribution in [2.75, 3.05) is 0 Å². The van der Waals surface area contributed by atoms with Gasteiger partial charge in [0.2, 0.25) is 5.91 Å². The lowest BCUT2D eigenvalue weighted by Crippen LogP contribution is -2.44. The summed E-state index contributed by atoms with van der Waals surface area (Å²) >= 11 is 0. The van der Waals surface area contributed by atoms with Crippen molar-refractivity contribution >= 4 is 17.6 Å². The van der Waals surface area contributed by atoms with Crippen molar-refractivity contribution in [3.8, 4) is 0 Å². The number of piperidine rings is 1. The van der Waals surface area contributed by atoms with Crippen LogP contribution in [0.5, 0.6) is 0 Å². The van der Waals surface area contributed by atoms with E-state index in [2.05, 4.69) is 15.4 Å². The monoisotopic (exact) mass is 247 g/mol. The summed E-state index contributed by atoms with van der Waals surface area (Å²) in [7, 11) is 0. The second kappa shape index (κ2) is 3.76. The van der Waals surface area contributed by atoms with Gasteiger partial charge in [-0.1, -0.05) is 0 Å². The minimum Gasteiger partial charge on any atom is -0.295 e. The SMILES string of the molecule is O=C1CCC(n2nc3ncccn3c2=O)C(=O)N1. The molecule has 1 fully saturated rings. The highest BCUT2D eigenvalue weighted by Gasteiger charge is 2.30. The van der Waals surface area contributed by atoms with Gasteiger partial charge in [-0.15, -0.1) is 5.10 Å². The van der Waals surface area contributed by atoms with Crippen LogP contribution in [0, 0.1) is 0 Å². The molecule has 0 saturated carbocycles. The van der Waals surface area contributed by atoms with E-state index >= 15 is 0 Å². The van der Waals surface area contributed by atoms with Gasteiger partial charge in [0.25, 0.3) is 11.7 Å². The van der Waals surface area contributed by atoms with Crippen LogP contribution in [0.1, 0.15) is 18.9 Å². The Morgan fingerprint density at radius 1 is 1.33 bits per heavy atom. The van der Waals surface area contributed by atoms with E-state index in [4.69, 9.17) is 0 Å². The van der Waals surface area contributed by atoms with Crippen molar-refractivity contribution < 1.29 is 9.59 Å². The van der Waals surface area contributed by atoms with E-state index in [1.807, 2.05) is 0 Å². The number of nitrogens with zero attached hydrogens (tertiary/aromatic N) is 4. The van der Waals surface area contributed by atoms with Crippen LogP contribution < -0.4 is 11.0 Å². The van der Waals surface area contributed by atoms with Gasteiger partial charge in [0.05, 0.1) is 0 Å². The van der Waals surface area contributed by atoms with Crippen LogP contribution in [0.3, 0.4) is 0 Å². The molecule has 8 nitrogen and oxygen atoms in total. The van der Waals surface area contributed by atoms with Gasteiger partial charge in [-0.2, -0.15) is 4.68 Å². The molecule has 1 atom stereocenters. The van der Waals surface area contributed by atoms with Gasteiger partial charge in [-0.3, -0.25) is 14.9 Å². The van der Waals surface area contributed by atoms with E-state index in [1.165, 1.54) is 16.8 Å². The second-order valence-electron chi connectivity index (χ2n) is 3.98.